The summed E-state index contributed by atoms with van der Waals surface area (Å²) in [5, 5.41) is 10.1. The van der Waals surface area contributed by atoms with Crippen LogP contribution in [0.1, 0.15) is 93.6 Å². The molecule has 1 saturated carbocycles. The van der Waals surface area contributed by atoms with Crippen LogP contribution in [0.15, 0.2) is 17.7 Å². The molecule has 1 amide bonds. The lowest BCUT2D eigenvalue weighted by molar-refractivity contribution is -0.123. The molecule has 1 aromatic rings. The number of allylic oxidation sites excluding steroid dienone is 2. The number of ether oxygens (including phenoxy) is 2. The molecule has 0 spiro atoms. The topological polar surface area (TPSA) is 76.1 Å². The summed E-state index contributed by atoms with van der Waals surface area (Å²) in [4.78, 5) is 29.0. The van der Waals surface area contributed by atoms with Crippen LogP contribution in [-0.4, -0.2) is 48.4 Å². The Morgan fingerprint density at radius 3 is 2.47 bits per heavy atom. The molecular weight excluding hydrogens is 474 g/mol. The van der Waals surface area contributed by atoms with Crippen LogP contribution in [0.2, 0.25) is 0 Å². The van der Waals surface area contributed by atoms with Gasteiger partial charge >= 0.3 is 5.97 Å². The van der Waals surface area contributed by atoms with E-state index in [1.165, 1.54) is 16.9 Å². The number of anilines is 1. The van der Waals surface area contributed by atoms with Crippen molar-refractivity contribution in [2.75, 3.05) is 18.1 Å². The molecule has 1 saturated heterocycles. The van der Waals surface area contributed by atoms with Crippen LogP contribution in [0.5, 0.6) is 0 Å². The van der Waals surface area contributed by atoms with E-state index in [4.69, 9.17) is 9.47 Å². The van der Waals surface area contributed by atoms with E-state index in [-0.39, 0.29) is 40.4 Å². The summed E-state index contributed by atoms with van der Waals surface area (Å²) in [6.45, 7) is 9.61. The molecule has 4 rings (SSSR count). The quantitative estimate of drug-likeness (QED) is 0.371. The fourth-order valence-electron chi connectivity index (χ4n) is 5.24. The van der Waals surface area contributed by atoms with Crippen LogP contribution >= 0.6 is 11.3 Å². The van der Waals surface area contributed by atoms with Crippen molar-refractivity contribution in [1.29, 1.82) is 0 Å². The maximum absolute atomic E-state index is 14.0. The number of amides is 1. The van der Waals surface area contributed by atoms with Gasteiger partial charge in [-0.15, -0.1) is 11.3 Å². The van der Waals surface area contributed by atoms with Gasteiger partial charge in [-0.2, -0.15) is 0 Å². The standard InChI is InChI=1S/C29H39NO5S/c1-19-5-7-20(8-6-19)27(31)30(21-9-11-22(12-10-21)35-23-14-16-34-18-23)25-17-24(13-15-29(2,3)4)36-26(25)28(32)33/h5,17,20-23H,6-12,14,16,18H2,1-4H3,(H,32,33)/t20-,21-,22-,23+/m1/s1. The molecule has 2 atom stereocenters. The van der Waals surface area contributed by atoms with Gasteiger partial charge < -0.3 is 19.5 Å². The van der Waals surface area contributed by atoms with E-state index >= 15 is 0 Å². The van der Waals surface area contributed by atoms with Crippen LogP contribution < -0.4 is 4.90 Å². The summed E-state index contributed by atoms with van der Waals surface area (Å²) in [6, 6.07) is 1.79. The Morgan fingerprint density at radius 2 is 1.89 bits per heavy atom. The molecule has 2 aliphatic carbocycles. The van der Waals surface area contributed by atoms with Crippen LogP contribution in [0.3, 0.4) is 0 Å². The summed E-state index contributed by atoms with van der Waals surface area (Å²) in [5.74, 6) is 5.28. The number of rotatable bonds is 6. The number of nitrogens with zero attached hydrogens (tertiary/aromatic N) is 1. The lowest BCUT2D eigenvalue weighted by Gasteiger charge is -2.39. The summed E-state index contributed by atoms with van der Waals surface area (Å²) in [5.41, 5.74) is 1.63. The third-order valence-corrected chi connectivity index (χ3v) is 8.26. The number of hydrogen-bond acceptors (Lipinski definition) is 5. The van der Waals surface area contributed by atoms with Crippen LogP contribution in [-0.2, 0) is 14.3 Å². The first kappa shape index (κ1) is 26.9. The first-order valence-corrected chi connectivity index (χ1v) is 14.0. The molecule has 0 bridgehead atoms. The number of aromatic carboxylic acids is 1. The molecule has 2 heterocycles. The van der Waals surface area contributed by atoms with Gasteiger partial charge in [0, 0.05) is 24.0 Å². The zero-order valence-corrected chi connectivity index (χ0v) is 22.8. The van der Waals surface area contributed by atoms with Gasteiger partial charge in [-0.25, -0.2) is 4.79 Å². The number of thiophene rings is 1. The first-order valence-electron chi connectivity index (χ1n) is 13.2. The SMILES string of the molecule is CC1=CC[C@@H](C(=O)N(c2cc(C#CC(C)(C)C)sc2C(=O)O)[C@H]2CC[C@H](O[C@H]3CCOC3)CC2)CC1. The fraction of sp³-hybridized carbons (Fsp3) is 0.655. The van der Waals surface area contributed by atoms with Gasteiger partial charge in [0.1, 0.15) is 4.88 Å². The van der Waals surface area contributed by atoms with Gasteiger partial charge in [-0.3, -0.25) is 4.79 Å². The highest BCUT2D eigenvalue weighted by molar-refractivity contribution is 7.15. The monoisotopic (exact) mass is 513 g/mol. The van der Waals surface area contributed by atoms with E-state index < -0.39 is 5.97 Å². The van der Waals surface area contributed by atoms with Crippen molar-refractivity contribution in [1.82, 2.24) is 0 Å². The smallest absolute Gasteiger partial charge is 0.348 e. The normalized spacial score (nSPS) is 26.6. The predicted molar refractivity (Wildman–Crippen MR) is 143 cm³/mol. The number of hydrogen-bond donors (Lipinski definition) is 1. The summed E-state index contributed by atoms with van der Waals surface area (Å²) >= 11 is 1.17. The van der Waals surface area contributed by atoms with Gasteiger partial charge in [0.05, 0.1) is 29.4 Å². The molecule has 0 aromatic carbocycles. The predicted octanol–water partition coefficient (Wildman–Crippen LogP) is 6.04. The summed E-state index contributed by atoms with van der Waals surface area (Å²) in [7, 11) is 0. The minimum atomic E-state index is -1.01. The maximum atomic E-state index is 14.0. The molecule has 2 fully saturated rings. The maximum Gasteiger partial charge on any atom is 0.348 e. The molecule has 1 N–H and O–H groups in total. The average molecular weight is 514 g/mol. The summed E-state index contributed by atoms with van der Waals surface area (Å²) < 4.78 is 11.7. The highest BCUT2D eigenvalue weighted by Crippen LogP contribution is 2.38. The molecule has 3 aliphatic rings. The second-order valence-electron chi connectivity index (χ2n) is 11.4. The minimum Gasteiger partial charge on any atom is -0.477 e. The molecule has 196 valence electrons. The molecule has 1 aliphatic heterocycles. The molecule has 7 heteroatoms. The van der Waals surface area contributed by atoms with Crippen LogP contribution in [0.4, 0.5) is 5.69 Å². The van der Waals surface area contributed by atoms with E-state index in [1.54, 1.807) is 0 Å². The van der Waals surface area contributed by atoms with E-state index in [1.807, 2.05) is 31.7 Å². The Bertz CT molecular complexity index is 1040. The Hall–Kier alpha value is -2.14. The number of carboxylic acids is 1. The van der Waals surface area contributed by atoms with Crippen molar-refractivity contribution in [3.05, 3.63) is 27.5 Å². The zero-order chi connectivity index (χ0) is 25.9. The second kappa shape index (κ2) is 11.5. The number of carboxylic acid groups (broad SMARTS) is 1. The van der Waals surface area contributed by atoms with Gasteiger partial charge in [0.25, 0.3) is 0 Å². The Morgan fingerprint density at radius 1 is 1.14 bits per heavy atom. The highest BCUT2D eigenvalue weighted by atomic mass is 32.1. The van der Waals surface area contributed by atoms with Crippen molar-refractivity contribution in [2.24, 2.45) is 11.3 Å². The lowest BCUT2D eigenvalue weighted by atomic mass is 9.86. The third-order valence-electron chi connectivity index (χ3n) is 7.23. The van der Waals surface area contributed by atoms with E-state index in [9.17, 15) is 14.7 Å². The zero-order valence-electron chi connectivity index (χ0n) is 22.0. The van der Waals surface area contributed by atoms with Gasteiger partial charge in [0.15, 0.2) is 0 Å². The Labute approximate surface area is 219 Å². The molecule has 0 unspecified atom stereocenters. The van der Waals surface area contributed by atoms with Gasteiger partial charge in [-0.1, -0.05) is 23.5 Å². The average Bonchev–Trinajstić information content (AvgIpc) is 3.49. The molecule has 0 radical (unpaired) electrons. The van der Waals surface area contributed by atoms with Crippen molar-refractivity contribution in [2.45, 2.75) is 97.3 Å². The van der Waals surface area contributed by atoms with Crippen LogP contribution in [0, 0.1) is 23.2 Å². The third kappa shape index (κ3) is 6.79. The van der Waals surface area contributed by atoms with Crippen molar-refractivity contribution >= 4 is 28.9 Å². The molecule has 1 aromatic heterocycles. The Balaban J connectivity index is 1.61. The van der Waals surface area contributed by atoms with Crippen molar-refractivity contribution in [3.63, 3.8) is 0 Å². The molecule has 6 nitrogen and oxygen atoms in total. The largest absolute Gasteiger partial charge is 0.477 e. The van der Waals surface area contributed by atoms with Crippen LogP contribution in [0.25, 0.3) is 0 Å². The minimum absolute atomic E-state index is 0.0414. The van der Waals surface area contributed by atoms with Gasteiger partial charge in [0.2, 0.25) is 5.91 Å². The van der Waals surface area contributed by atoms with E-state index in [2.05, 4.69) is 24.8 Å². The van der Waals surface area contributed by atoms with E-state index in [0.29, 0.717) is 23.6 Å². The summed E-state index contributed by atoms with van der Waals surface area (Å²) in [6.07, 6.45) is 9.17. The van der Waals surface area contributed by atoms with Crippen molar-refractivity contribution in [3.8, 4) is 11.8 Å². The first-order chi connectivity index (χ1) is 17.1. The molecular formula is C29H39NO5S. The second-order valence-corrected chi connectivity index (χ2v) is 12.5. The number of carbonyl (C=O) groups excluding carboxylic acids is 1. The fourth-order valence-corrected chi connectivity index (χ4v) is 6.08. The Kier molecular flexibility index (Phi) is 8.59. The highest BCUT2D eigenvalue weighted by Gasteiger charge is 2.37. The van der Waals surface area contributed by atoms with Gasteiger partial charge in [-0.05, 0) is 85.1 Å². The lowest BCUT2D eigenvalue weighted by Crippen LogP contribution is -2.47. The van der Waals surface area contributed by atoms with Crippen molar-refractivity contribution < 1.29 is 24.2 Å². The molecule has 36 heavy (non-hydrogen) atoms. The number of carbonyl (C=O) groups is 2. The van der Waals surface area contributed by atoms with E-state index in [0.717, 1.165) is 51.6 Å².